The Morgan fingerprint density at radius 2 is 2.05 bits per heavy atom. The Balaban J connectivity index is 2.63. The fraction of sp³-hybridized carbons (Fsp3) is 0.154. The Kier molecular flexibility index (Phi) is 4.14. The van der Waals surface area contributed by atoms with Crippen LogP contribution in [0, 0.1) is 11.3 Å². The normalized spacial score (nSPS) is 10.9. The Bertz CT molecular complexity index is 850. The van der Waals surface area contributed by atoms with Gasteiger partial charge in [-0.2, -0.15) is 13.7 Å². The van der Waals surface area contributed by atoms with Gasteiger partial charge in [0.25, 0.3) is 10.0 Å². The van der Waals surface area contributed by atoms with Crippen LogP contribution in [0.25, 0.3) is 0 Å². The number of carbonyl (C=O) groups is 1. The summed E-state index contributed by atoms with van der Waals surface area (Å²) in [6.07, 6.45) is 0. The van der Waals surface area contributed by atoms with Crippen molar-refractivity contribution in [2.45, 2.75) is 11.8 Å². The van der Waals surface area contributed by atoms with Crippen molar-refractivity contribution < 1.29 is 17.9 Å². The molecule has 0 aliphatic rings. The van der Waals surface area contributed by atoms with Gasteiger partial charge in [0.1, 0.15) is 11.6 Å². The van der Waals surface area contributed by atoms with E-state index in [1.807, 2.05) is 0 Å². The van der Waals surface area contributed by atoms with E-state index in [9.17, 15) is 13.2 Å². The van der Waals surface area contributed by atoms with Crippen LogP contribution in [0.4, 0.5) is 5.82 Å². The maximum Gasteiger partial charge on any atom is 0.360 e. The van der Waals surface area contributed by atoms with Crippen LogP contribution in [0.5, 0.6) is 0 Å². The smallest absolute Gasteiger partial charge is 0.360 e. The number of esters is 1. The van der Waals surface area contributed by atoms with E-state index in [0.29, 0.717) is 4.09 Å². The van der Waals surface area contributed by atoms with Crippen molar-refractivity contribution in [3.8, 4) is 6.07 Å². The van der Waals surface area contributed by atoms with Crippen molar-refractivity contribution in [2.75, 3.05) is 12.3 Å². The first-order valence-corrected chi connectivity index (χ1v) is 7.63. The first kappa shape index (κ1) is 15.5. The number of nitrogen functional groups attached to an aromatic ring is 1. The van der Waals surface area contributed by atoms with Crippen molar-refractivity contribution in [3.63, 3.8) is 0 Å². The number of ether oxygens (including phenoxy) is 1. The molecule has 0 aliphatic carbocycles. The lowest BCUT2D eigenvalue weighted by Gasteiger charge is -2.05. The largest absolute Gasteiger partial charge is 0.461 e. The summed E-state index contributed by atoms with van der Waals surface area (Å²) < 4.78 is 30.2. The summed E-state index contributed by atoms with van der Waals surface area (Å²) in [6.45, 7) is 1.63. The average Bonchev–Trinajstić information content (AvgIpc) is 2.86. The molecular formula is C13H12N4O4S. The molecule has 2 N–H and O–H groups in total. The van der Waals surface area contributed by atoms with E-state index in [1.165, 1.54) is 24.3 Å². The predicted molar refractivity (Wildman–Crippen MR) is 76.3 cm³/mol. The predicted octanol–water partition coefficient (Wildman–Crippen LogP) is 0.751. The van der Waals surface area contributed by atoms with E-state index >= 15 is 0 Å². The molecule has 0 saturated heterocycles. The minimum Gasteiger partial charge on any atom is -0.461 e. The molecule has 2 aromatic rings. The molecule has 0 atom stereocenters. The van der Waals surface area contributed by atoms with E-state index in [1.54, 1.807) is 19.1 Å². The molecule has 0 radical (unpaired) electrons. The quantitative estimate of drug-likeness (QED) is 0.823. The standard InChI is InChI=1S/C13H12N4O4S/c1-2-21-13(18)11-10(8-14)12(15)17(16-11)22(19,20)9-6-4-3-5-7-9/h3-7H,2,15H2,1H3. The second-order valence-electron chi connectivity index (χ2n) is 4.10. The summed E-state index contributed by atoms with van der Waals surface area (Å²) in [5.74, 6) is -1.35. The SMILES string of the molecule is CCOC(=O)c1nn(S(=O)(=O)c2ccccc2)c(N)c1C#N. The van der Waals surface area contributed by atoms with Crippen LogP contribution in [0.1, 0.15) is 23.0 Å². The van der Waals surface area contributed by atoms with Gasteiger partial charge >= 0.3 is 5.97 Å². The zero-order valence-corrected chi connectivity index (χ0v) is 12.4. The van der Waals surface area contributed by atoms with Gasteiger partial charge in [-0.15, -0.1) is 9.19 Å². The van der Waals surface area contributed by atoms with Gasteiger partial charge in [-0.25, -0.2) is 4.79 Å². The highest BCUT2D eigenvalue weighted by molar-refractivity contribution is 7.90. The van der Waals surface area contributed by atoms with Crippen LogP contribution in [0.15, 0.2) is 35.2 Å². The topological polar surface area (TPSA) is 128 Å². The lowest BCUT2D eigenvalue weighted by Crippen LogP contribution is -2.17. The zero-order chi connectivity index (χ0) is 16.3. The third-order valence-corrected chi connectivity index (χ3v) is 4.34. The van der Waals surface area contributed by atoms with Crippen LogP contribution < -0.4 is 5.73 Å². The minimum atomic E-state index is -4.11. The molecule has 0 fully saturated rings. The minimum absolute atomic E-state index is 0.0574. The number of carbonyl (C=O) groups excluding carboxylic acids is 1. The molecular weight excluding hydrogens is 308 g/mol. The third kappa shape index (κ3) is 2.51. The number of benzene rings is 1. The molecule has 114 valence electrons. The number of nitrogens with two attached hydrogens (primary N) is 1. The fourth-order valence-corrected chi connectivity index (χ4v) is 2.98. The highest BCUT2D eigenvalue weighted by Crippen LogP contribution is 2.22. The zero-order valence-electron chi connectivity index (χ0n) is 11.6. The summed E-state index contributed by atoms with van der Waals surface area (Å²) in [4.78, 5) is 11.7. The van der Waals surface area contributed by atoms with Crippen LogP contribution in [-0.4, -0.2) is 30.2 Å². The van der Waals surface area contributed by atoms with E-state index in [-0.39, 0.29) is 17.1 Å². The lowest BCUT2D eigenvalue weighted by atomic mass is 10.2. The van der Waals surface area contributed by atoms with Crippen LogP contribution >= 0.6 is 0 Å². The Morgan fingerprint density at radius 1 is 1.41 bits per heavy atom. The van der Waals surface area contributed by atoms with Crippen LogP contribution in [0.3, 0.4) is 0 Å². The Hall–Kier alpha value is -2.86. The van der Waals surface area contributed by atoms with E-state index in [0.717, 1.165) is 0 Å². The van der Waals surface area contributed by atoms with Crippen molar-refractivity contribution in [2.24, 2.45) is 0 Å². The molecule has 8 nitrogen and oxygen atoms in total. The van der Waals surface area contributed by atoms with E-state index in [2.05, 4.69) is 5.10 Å². The van der Waals surface area contributed by atoms with Gasteiger partial charge in [0.2, 0.25) is 0 Å². The summed E-state index contributed by atoms with van der Waals surface area (Å²) in [6, 6.07) is 9.09. The van der Waals surface area contributed by atoms with Gasteiger partial charge in [0.15, 0.2) is 11.5 Å². The third-order valence-electron chi connectivity index (χ3n) is 2.74. The summed E-state index contributed by atoms with van der Waals surface area (Å²) in [7, 11) is -4.11. The second-order valence-corrected chi connectivity index (χ2v) is 5.87. The molecule has 9 heteroatoms. The number of hydrogen-bond acceptors (Lipinski definition) is 7. The van der Waals surface area contributed by atoms with Gasteiger partial charge in [-0.1, -0.05) is 18.2 Å². The molecule has 0 unspecified atom stereocenters. The maximum atomic E-state index is 12.5. The van der Waals surface area contributed by atoms with Gasteiger partial charge < -0.3 is 10.5 Å². The van der Waals surface area contributed by atoms with Crippen molar-refractivity contribution >= 4 is 21.8 Å². The highest BCUT2D eigenvalue weighted by Gasteiger charge is 2.29. The second kappa shape index (κ2) is 5.87. The molecule has 22 heavy (non-hydrogen) atoms. The van der Waals surface area contributed by atoms with Crippen molar-refractivity contribution in [3.05, 3.63) is 41.6 Å². The Morgan fingerprint density at radius 3 is 2.59 bits per heavy atom. The highest BCUT2D eigenvalue weighted by atomic mass is 32.2. The van der Waals surface area contributed by atoms with Gasteiger partial charge in [0.05, 0.1) is 11.5 Å². The molecule has 0 amide bonds. The summed E-state index contributed by atoms with van der Waals surface area (Å²) in [5.41, 5.74) is 4.90. The first-order chi connectivity index (χ1) is 10.4. The monoisotopic (exact) mass is 320 g/mol. The van der Waals surface area contributed by atoms with Gasteiger partial charge in [0, 0.05) is 0 Å². The van der Waals surface area contributed by atoms with E-state index in [4.69, 9.17) is 15.7 Å². The summed E-state index contributed by atoms with van der Waals surface area (Å²) >= 11 is 0. The number of nitrogens with zero attached hydrogens (tertiary/aromatic N) is 3. The Labute approximate surface area is 126 Å². The average molecular weight is 320 g/mol. The van der Waals surface area contributed by atoms with Gasteiger partial charge in [-0.05, 0) is 19.1 Å². The fourth-order valence-electron chi connectivity index (χ4n) is 1.74. The van der Waals surface area contributed by atoms with Gasteiger partial charge in [-0.3, -0.25) is 0 Å². The molecule has 0 aliphatic heterocycles. The van der Waals surface area contributed by atoms with Crippen LogP contribution in [-0.2, 0) is 14.8 Å². The number of nitriles is 1. The van der Waals surface area contributed by atoms with Crippen LogP contribution in [0.2, 0.25) is 0 Å². The molecule has 2 rings (SSSR count). The van der Waals surface area contributed by atoms with Crippen molar-refractivity contribution in [1.82, 2.24) is 9.19 Å². The number of rotatable bonds is 4. The molecule has 0 saturated carbocycles. The molecule has 1 heterocycles. The van der Waals surface area contributed by atoms with E-state index < -0.39 is 27.5 Å². The maximum absolute atomic E-state index is 12.5. The number of aromatic nitrogens is 2. The first-order valence-electron chi connectivity index (χ1n) is 6.19. The molecule has 0 spiro atoms. The lowest BCUT2D eigenvalue weighted by molar-refractivity contribution is 0.0519. The van der Waals surface area contributed by atoms with Crippen molar-refractivity contribution in [1.29, 1.82) is 5.26 Å². The number of hydrogen-bond donors (Lipinski definition) is 1. The molecule has 1 aromatic heterocycles. The molecule has 1 aromatic carbocycles. The number of anilines is 1. The summed E-state index contributed by atoms with van der Waals surface area (Å²) in [5, 5.41) is 12.7. The molecule has 0 bridgehead atoms.